The molecule has 2 nitrogen and oxygen atoms in total. The van der Waals surface area contributed by atoms with Crippen molar-refractivity contribution in [3.63, 3.8) is 0 Å². The van der Waals surface area contributed by atoms with Crippen molar-refractivity contribution in [3.05, 3.63) is 58.7 Å². The average Bonchev–Trinajstić information content (AvgIpc) is 2.77. The molecule has 2 aromatic carbocycles. The van der Waals surface area contributed by atoms with E-state index in [1.54, 1.807) is 0 Å². The maximum atomic E-state index is 5.11. The second kappa shape index (κ2) is 14.4. The van der Waals surface area contributed by atoms with Crippen LogP contribution in [-0.2, 0) is 42.2 Å². The molecule has 0 aliphatic rings. The van der Waals surface area contributed by atoms with E-state index in [0.717, 1.165) is 61.3 Å². The van der Waals surface area contributed by atoms with Crippen LogP contribution in [0.15, 0.2) is 46.4 Å². The van der Waals surface area contributed by atoms with Crippen LogP contribution in [-0.4, -0.2) is 11.4 Å². The summed E-state index contributed by atoms with van der Waals surface area (Å²) >= 11 is 0. The van der Waals surface area contributed by atoms with Gasteiger partial charge in [-0.15, -0.1) is 0 Å². The molecule has 31 heavy (non-hydrogen) atoms. The summed E-state index contributed by atoms with van der Waals surface area (Å²) in [7, 11) is 0. The van der Waals surface area contributed by atoms with E-state index in [1.165, 1.54) is 35.1 Å². The molecule has 0 fully saturated rings. The van der Waals surface area contributed by atoms with E-state index in [4.69, 9.17) is 9.98 Å². The molecule has 172 valence electrons. The van der Waals surface area contributed by atoms with Gasteiger partial charge < -0.3 is 0 Å². The van der Waals surface area contributed by atoms with Crippen LogP contribution in [0.4, 0.5) is 11.4 Å². The summed E-state index contributed by atoms with van der Waals surface area (Å²) in [6.45, 7) is 13.2. The summed E-state index contributed by atoms with van der Waals surface area (Å²) in [5, 5.41) is 0. The first-order valence-electron chi connectivity index (χ1n) is 11.9. The number of nitrogens with zero attached hydrogens (tertiary/aromatic N) is 2. The van der Waals surface area contributed by atoms with Crippen LogP contribution in [0.25, 0.3) is 0 Å². The van der Waals surface area contributed by atoms with Crippen LogP contribution < -0.4 is 0 Å². The smallest absolute Gasteiger partial charge is 0.0639 e. The molecule has 0 saturated carbocycles. The van der Waals surface area contributed by atoms with Gasteiger partial charge >= 0.3 is 0 Å². The number of unbranched alkanes of at least 4 members (excludes halogenated alkanes) is 2. The predicted molar refractivity (Wildman–Crippen MR) is 134 cm³/mol. The minimum Gasteiger partial charge on any atom is -0.252 e. The summed E-state index contributed by atoms with van der Waals surface area (Å²) in [6, 6.07) is 13.5. The molecular formula is C28H40N2Ni. The topological polar surface area (TPSA) is 24.7 Å². The normalized spacial score (nSPS) is 12.1. The number of rotatable bonds is 11. The number of aliphatic imine (C=N–C) groups is 2. The van der Waals surface area contributed by atoms with Crippen molar-refractivity contribution in [1.29, 1.82) is 0 Å². The van der Waals surface area contributed by atoms with Gasteiger partial charge in [-0.2, -0.15) is 0 Å². The van der Waals surface area contributed by atoms with E-state index in [9.17, 15) is 0 Å². The van der Waals surface area contributed by atoms with E-state index in [0.29, 0.717) is 0 Å². The van der Waals surface area contributed by atoms with Gasteiger partial charge in [-0.25, -0.2) is 0 Å². The minimum atomic E-state index is 0. The molecular weight excluding hydrogens is 423 g/mol. The Labute approximate surface area is 200 Å². The van der Waals surface area contributed by atoms with Gasteiger partial charge in [0, 0.05) is 16.5 Å². The molecule has 0 aliphatic carbocycles. The zero-order valence-corrected chi connectivity index (χ0v) is 21.3. The summed E-state index contributed by atoms with van der Waals surface area (Å²) < 4.78 is 0. The molecule has 0 aromatic heterocycles. The van der Waals surface area contributed by atoms with Crippen LogP contribution in [0, 0.1) is 0 Å². The Morgan fingerprint density at radius 3 is 1.42 bits per heavy atom. The van der Waals surface area contributed by atoms with Gasteiger partial charge in [-0.3, -0.25) is 9.98 Å². The molecule has 0 atom stereocenters. The first kappa shape index (κ1) is 27.3. The van der Waals surface area contributed by atoms with Gasteiger partial charge in [0.1, 0.15) is 0 Å². The fourth-order valence-electron chi connectivity index (χ4n) is 3.71. The van der Waals surface area contributed by atoms with Crippen LogP contribution in [0.2, 0.25) is 0 Å². The number of aryl methyl sites for hydroxylation is 4. The standard InChI is InChI=1S/C28H40N2.Ni/c1-7-12-13-14-28(30-27-19-24(10-4)16-25(11-5)20-27)21(6)29-26-17-22(8-2)15-23(9-3)18-26;/h15-20H,7-14H2,1-6H3;/b29-21+,30-28+;. The van der Waals surface area contributed by atoms with Crippen molar-refractivity contribution in [2.75, 3.05) is 0 Å². The second-order valence-corrected chi connectivity index (χ2v) is 8.14. The molecule has 0 radical (unpaired) electrons. The largest absolute Gasteiger partial charge is 0.252 e. The maximum Gasteiger partial charge on any atom is 0.0639 e. The van der Waals surface area contributed by atoms with Gasteiger partial charge in [0.15, 0.2) is 0 Å². The molecule has 0 heterocycles. The summed E-state index contributed by atoms with van der Waals surface area (Å²) in [5.41, 5.74) is 9.73. The van der Waals surface area contributed by atoms with Crippen LogP contribution in [0.1, 0.15) is 89.5 Å². The zero-order valence-electron chi connectivity index (χ0n) is 20.3. The SMILES string of the molecule is CCCCCC(=N\c1cc(CC)cc(CC)c1)/C(C)=N/c1cc(CC)cc(CC)c1.[Ni]. The van der Waals surface area contributed by atoms with Gasteiger partial charge in [0.25, 0.3) is 0 Å². The van der Waals surface area contributed by atoms with Gasteiger partial charge in [-0.1, -0.05) is 59.6 Å². The molecule has 0 aliphatic heterocycles. The molecule has 0 bridgehead atoms. The Hall–Kier alpha value is -1.73. The first-order valence-corrected chi connectivity index (χ1v) is 11.9. The first-order chi connectivity index (χ1) is 14.5. The van der Waals surface area contributed by atoms with Crippen molar-refractivity contribution in [3.8, 4) is 0 Å². The number of hydrogen-bond acceptors (Lipinski definition) is 2. The quantitative estimate of drug-likeness (QED) is 0.182. The van der Waals surface area contributed by atoms with Crippen molar-refractivity contribution in [2.45, 2.75) is 92.9 Å². The van der Waals surface area contributed by atoms with Crippen molar-refractivity contribution >= 4 is 22.8 Å². The summed E-state index contributed by atoms with van der Waals surface area (Å²) in [4.78, 5) is 10.1. The van der Waals surface area contributed by atoms with E-state index in [-0.39, 0.29) is 16.5 Å². The summed E-state index contributed by atoms with van der Waals surface area (Å²) in [5.74, 6) is 0. The van der Waals surface area contributed by atoms with Crippen molar-refractivity contribution < 1.29 is 16.5 Å². The Kier molecular flexibility index (Phi) is 12.6. The Bertz CT molecular complexity index is 836. The maximum absolute atomic E-state index is 5.11. The molecule has 3 heteroatoms. The third-order valence-corrected chi connectivity index (χ3v) is 5.70. The van der Waals surface area contributed by atoms with E-state index < -0.39 is 0 Å². The van der Waals surface area contributed by atoms with Crippen LogP contribution >= 0.6 is 0 Å². The number of hydrogen-bond donors (Lipinski definition) is 0. The van der Waals surface area contributed by atoms with Crippen molar-refractivity contribution in [2.24, 2.45) is 9.98 Å². The van der Waals surface area contributed by atoms with Gasteiger partial charge in [-0.05, 0) is 92.0 Å². The fourth-order valence-corrected chi connectivity index (χ4v) is 3.71. The fraction of sp³-hybridized carbons (Fsp3) is 0.500. The summed E-state index contributed by atoms with van der Waals surface area (Å²) in [6.07, 6.45) is 8.74. The van der Waals surface area contributed by atoms with Crippen LogP contribution in [0.3, 0.4) is 0 Å². The second-order valence-electron chi connectivity index (χ2n) is 8.14. The minimum absolute atomic E-state index is 0. The Morgan fingerprint density at radius 1 is 0.613 bits per heavy atom. The molecule has 0 spiro atoms. The zero-order chi connectivity index (χ0) is 21.9. The molecule has 2 aromatic rings. The van der Waals surface area contributed by atoms with Crippen molar-refractivity contribution in [1.82, 2.24) is 0 Å². The predicted octanol–water partition coefficient (Wildman–Crippen LogP) is 8.38. The molecule has 0 unspecified atom stereocenters. The van der Waals surface area contributed by atoms with E-state index >= 15 is 0 Å². The molecule has 2 rings (SSSR count). The van der Waals surface area contributed by atoms with Gasteiger partial charge in [0.2, 0.25) is 0 Å². The molecule has 0 amide bonds. The average molecular weight is 463 g/mol. The third-order valence-electron chi connectivity index (χ3n) is 5.70. The third kappa shape index (κ3) is 8.73. The molecule has 0 N–H and O–H groups in total. The number of benzene rings is 2. The monoisotopic (exact) mass is 462 g/mol. The van der Waals surface area contributed by atoms with Gasteiger partial charge in [0.05, 0.1) is 22.8 Å². The van der Waals surface area contributed by atoms with E-state index in [2.05, 4.69) is 77.9 Å². The Morgan fingerprint density at radius 2 is 1.03 bits per heavy atom. The van der Waals surface area contributed by atoms with E-state index in [1.807, 2.05) is 0 Å². The molecule has 0 saturated heterocycles. The van der Waals surface area contributed by atoms with Crippen LogP contribution in [0.5, 0.6) is 0 Å². The Balaban J connectivity index is 0.00000480.